The molecular weight excluding hydrogens is 202 g/mol. The van der Waals surface area contributed by atoms with E-state index in [0.29, 0.717) is 0 Å². The van der Waals surface area contributed by atoms with E-state index in [9.17, 15) is 14.4 Å². The van der Waals surface area contributed by atoms with Gasteiger partial charge in [-0.3, -0.25) is 14.4 Å². The molecule has 0 aliphatic heterocycles. The van der Waals surface area contributed by atoms with Gasteiger partial charge in [0, 0.05) is 5.92 Å². The van der Waals surface area contributed by atoms with Crippen LogP contribution in [0.15, 0.2) is 0 Å². The van der Waals surface area contributed by atoms with Gasteiger partial charge in [0.25, 0.3) is 0 Å². The van der Waals surface area contributed by atoms with Crippen LogP contribution in [-0.2, 0) is 14.4 Å². The minimum Gasteiger partial charge on any atom is -0.481 e. The first kappa shape index (κ1) is 11.5. The molecule has 1 saturated carbocycles. The number of aliphatic carboxylic acids is 2. The van der Waals surface area contributed by atoms with Crippen molar-refractivity contribution in [2.45, 2.75) is 19.3 Å². The highest BCUT2D eigenvalue weighted by Gasteiger charge is 2.38. The van der Waals surface area contributed by atoms with Gasteiger partial charge < -0.3 is 15.9 Å². The van der Waals surface area contributed by atoms with Gasteiger partial charge in [0.05, 0.1) is 11.8 Å². The molecule has 1 aliphatic carbocycles. The van der Waals surface area contributed by atoms with Crippen LogP contribution in [-0.4, -0.2) is 28.1 Å². The normalized spacial score (nSPS) is 30.8. The van der Waals surface area contributed by atoms with E-state index in [1.54, 1.807) is 0 Å². The molecule has 0 radical (unpaired) electrons. The van der Waals surface area contributed by atoms with Gasteiger partial charge in [-0.1, -0.05) is 0 Å². The second-order valence-corrected chi connectivity index (χ2v) is 3.88. The Balaban J connectivity index is 2.77. The molecule has 1 aliphatic rings. The Hall–Kier alpha value is -1.59. The summed E-state index contributed by atoms with van der Waals surface area (Å²) in [5.74, 6) is -4.94. The quantitative estimate of drug-likeness (QED) is 0.596. The molecule has 84 valence electrons. The van der Waals surface area contributed by atoms with Crippen LogP contribution in [0.4, 0.5) is 0 Å². The molecule has 1 fully saturated rings. The molecule has 0 aromatic heterocycles. The molecular formula is C9H13NO5. The Bertz CT molecular complexity index is 247. The summed E-state index contributed by atoms with van der Waals surface area (Å²) < 4.78 is 0. The highest BCUT2D eigenvalue weighted by atomic mass is 16.4. The van der Waals surface area contributed by atoms with E-state index < -0.39 is 35.6 Å². The zero-order chi connectivity index (χ0) is 11.6. The predicted octanol–water partition coefficient (Wildman–Crippen LogP) is -0.327. The van der Waals surface area contributed by atoms with Crippen LogP contribution in [0.1, 0.15) is 19.3 Å². The molecule has 4 N–H and O–H groups in total. The van der Waals surface area contributed by atoms with Crippen molar-refractivity contribution in [2.24, 2.45) is 23.5 Å². The van der Waals surface area contributed by atoms with E-state index in [-0.39, 0.29) is 19.3 Å². The third-order valence-electron chi connectivity index (χ3n) is 2.81. The average Bonchev–Trinajstić information content (AvgIpc) is 2.16. The number of hydrogen-bond acceptors (Lipinski definition) is 3. The predicted molar refractivity (Wildman–Crippen MR) is 48.8 cm³/mol. The van der Waals surface area contributed by atoms with Crippen LogP contribution in [0.5, 0.6) is 0 Å². The molecule has 6 nitrogen and oxygen atoms in total. The van der Waals surface area contributed by atoms with E-state index in [1.807, 2.05) is 0 Å². The number of primary amides is 1. The first-order chi connectivity index (χ1) is 6.91. The maximum absolute atomic E-state index is 10.9. The van der Waals surface area contributed by atoms with Crippen molar-refractivity contribution in [3.63, 3.8) is 0 Å². The van der Waals surface area contributed by atoms with Gasteiger partial charge >= 0.3 is 11.9 Å². The number of hydrogen-bond donors (Lipinski definition) is 3. The molecule has 0 aromatic carbocycles. The van der Waals surface area contributed by atoms with E-state index in [4.69, 9.17) is 15.9 Å². The summed E-state index contributed by atoms with van der Waals surface area (Å²) in [6.07, 6.45) is 0.372. The van der Waals surface area contributed by atoms with Crippen LogP contribution in [0.3, 0.4) is 0 Å². The SMILES string of the molecule is NC(=O)C1C[C@@H](C(=O)O)C[C@@H](C(=O)O)C1. The zero-order valence-electron chi connectivity index (χ0n) is 8.05. The molecule has 1 rings (SSSR count). The Labute approximate surface area is 86.1 Å². The highest BCUT2D eigenvalue weighted by molar-refractivity contribution is 5.80. The summed E-state index contributed by atoms with van der Waals surface area (Å²) in [5, 5.41) is 17.6. The van der Waals surface area contributed by atoms with E-state index in [0.717, 1.165) is 0 Å². The van der Waals surface area contributed by atoms with E-state index in [1.165, 1.54) is 0 Å². The number of nitrogens with two attached hydrogens (primary N) is 1. The summed E-state index contributed by atoms with van der Waals surface area (Å²) in [7, 11) is 0. The Morgan fingerprint density at radius 2 is 1.20 bits per heavy atom. The van der Waals surface area contributed by atoms with Crippen LogP contribution in [0, 0.1) is 17.8 Å². The Kier molecular flexibility index (Phi) is 3.28. The van der Waals surface area contributed by atoms with Crippen molar-refractivity contribution in [3.05, 3.63) is 0 Å². The monoisotopic (exact) mass is 215 g/mol. The van der Waals surface area contributed by atoms with Crippen molar-refractivity contribution >= 4 is 17.8 Å². The summed E-state index contributed by atoms with van der Waals surface area (Å²) in [4.78, 5) is 32.4. The molecule has 15 heavy (non-hydrogen) atoms. The van der Waals surface area contributed by atoms with Gasteiger partial charge in [0.2, 0.25) is 5.91 Å². The molecule has 1 amide bonds. The number of amides is 1. The maximum Gasteiger partial charge on any atom is 0.306 e. The van der Waals surface area contributed by atoms with Gasteiger partial charge in [-0.25, -0.2) is 0 Å². The van der Waals surface area contributed by atoms with Crippen LogP contribution in [0.2, 0.25) is 0 Å². The first-order valence-electron chi connectivity index (χ1n) is 4.66. The van der Waals surface area contributed by atoms with Gasteiger partial charge in [-0.05, 0) is 19.3 Å². The lowest BCUT2D eigenvalue weighted by atomic mass is 9.75. The summed E-state index contributed by atoms with van der Waals surface area (Å²) >= 11 is 0. The van der Waals surface area contributed by atoms with Gasteiger partial charge in [0.1, 0.15) is 0 Å². The van der Waals surface area contributed by atoms with Crippen LogP contribution >= 0.6 is 0 Å². The number of carboxylic acid groups (broad SMARTS) is 2. The Morgan fingerprint density at radius 3 is 1.47 bits per heavy atom. The van der Waals surface area contributed by atoms with Gasteiger partial charge in [0.15, 0.2) is 0 Å². The fourth-order valence-corrected chi connectivity index (χ4v) is 1.95. The number of carbonyl (C=O) groups excluding carboxylic acids is 1. The molecule has 1 unspecified atom stereocenters. The standard InChI is InChI=1S/C9H13NO5/c10-7(11)4-1-5(8(12)13)3-6(2-4)9(14)15/h4-6H,1-3H2,(H2,10,11)(H,12,13)(H,14,15)/t4?,5-,6+. The highest BCUT2D eigenvalue weighted by Crippen LogP contribution is 2.33. The lowest BCUT2D eigenvalue weighted by Crippen LogP contribution is -2.37. The maximum atomic E-state index is 10.9. The first-order valence-corrected chi connectivity index (χ1v) is 4.66. The molecule has 0 saturated heterocycles. The topological polar surface area (TPSA) is 118 Å². The van der Waals surface area contributed by atoms with Crippen molar-refractivity contribution in [3.8, 4) is 0 Å². The zero-order valence-corrected chi connectivity index (χ0v) is 8.05. The largest absolute Gasteiger partial charge is 0.481 e. The van der Waals surface area contributed by atoms with Crippen LogP contribution in [0.25, 0.3) is 0 Å². The summed E-state index contributed by atoms with van der Waals surface area (Å²) in [6.45, 7) is 0. The van der Waals surface area contributed by atoms with Gasteiger partial charge in [-0.15, -0.1) is 0 Å². The second-order valence-electron chi connectivity index (χ2n) is 3.88. The van der Waals surface area contributed by atoms with Crippen molar-refractivity contribution in [2.75, 3.05) is 0 Å². The number of rotatable bonds is 3. The third-order valence-corrected chi connectivity index (χ3v) is 2.81. The molecule has 3 atom stereocenters. The fourth-order valence-electron chi connectivity index (χ4n) is 1.95. The minimum absolute atomic E-state index is 0.0778. The Morgan fingerprint density at radius 1 is 0.867 bits per heavy atom. The van der Waals surface area contributed by atoms with Crippen molar-refractivity contribution in [1.82, 2.24) is 0 Å². The van der Waals surface area contributed by atoms with Crippen LogP contribution < -0.4 is 5.73 Å². The molecule has 6 heteroatoms. The molecule has 0 heterocycles. The fraction of sp³-hybridized carbons (Fsp3) is 0.667. The van der Waals surface area contributed by atoms with E-state index in [2.05, 4.69) is 0 Å². The molecule has 0 spiro atoms. The van der Waals surface area contributed by atoms with Crippen molar-refractivity contribution in [1.29, 1.82) is 0 Å². The van der Waals surface area contributed by atoms with E-state index >= 15 is 0 Å². The summed E-state index contributed by atoms with van der Waals surface area (Å²) in [5.41, 5.74) is 5.07. The minimum atomic E-state index is -1.06. The van der Waals surface area contributed by atoms with Crippen molar-refractivity contribution < 1.29 is 24.6 Å². The smallest absolute Gasteiger partial charge is 0.306 e. The summed E-state index contributed by atoms with van der Waals surface area (Å²) in [6, 6.07) is 0. The molecule has 0 bridgehead atoms. The molecule has 0 aromatic rings. The third kappa shape index (κ3) is 2.68. The average molecular weight is 215 g/mol. The number of carbonyl (C=O) groups is 3. The number of carboxylic acids is 2. The second kappa shape index (κ2) is 4.29. The lowest BCUT2D eigenvalue weighted by molar-refractivity contribution is -0.149. The van der Waals surface area contributed by atoms with Gasteiger partial charge in [-0.2, -0.15) is 0 Å². The lowest BCUT2D eigenvalue weighted by Gasteiger charge is -2.28.